The number of rotatable bonds is 1. The summed E-state index contributed by atoms with van der Waals surface area (Å²) in [4.78, 5) is 3.86. The van der Waals surface area contributed by atoms with Crippen molar-refractivity contribution in [3.8, 4) is 0 Å². The van der Waals surface area contributed by atoms with Crippen molar-refractivity contribution < 1.29 is 60.3 Å². The Labute approximate surface area is 132 Å². The van der Waals surface area contributed by atoms with Crippen LogP contribution >= 0.6 is 0 Å². The Bertz CT molecular complexity index is 254. The molecule has 0 aromatic carbocycles. The second-order valence-electron chi connectivity index (χ2n) is 2.78. The van der Waals surface area contributed by atoms with Gasteiger partial charge in [0.2, 0.25) is 0 Å². The Hall–Kier alpha value is -1.01. The van der Waals surface area contributed by atoms with Crippen LogP contribution in [0.15, 0.2) is 18.7 Å². The normalized spacial score (nSPS) is 7.52. The van der Waals surface area contributed by atoms with Crippen molar-refractivity contribution in [3.05, 3.63) is 18.7 Å². The van der Waals surface area contributed by atoms with Crippen LogP contribution in [0.1, 0.15) is 6.92 Å². The molecule has 1 aromatic rings. The SMILES string of the molecule is CCn1ccnc1.OB(O)O.OB(O)O.OB(O)O.OB(O)O. The molecule has 12 N–H and O–H groups in total. The summed E-state index contributed by atoms with van der Waals surface area (Å²) in [5.74, 6) is 0. The van der Waals surface area contributed by atoms with Gasteiger partial charge in [0.1, 0.15) is 0 Å². The van der Waals surface area contributed by atoms with Gasteiger partial charge in [-0.05, 0) is 6.92 Å². The lowest BCUT2D eigenvalue weighted by molar-refractivity contribution is 0.276. The standard InChI is InChI=1S/C5H8N2.4BH3O3/c1-2-7-4-3-6-5-7;4*2-1(3)4/h3-5H,2H2,1H3;4*2-4H. The third-order valence-electron chi connectivity index (χ3n) is 0.924. The van der Waals surface area contributed by atoms with Crippen LogP contribution < -0.4 is 0 Å². The maximum atomic E-state index is 7.17. The molecule has 18 heteroatoms. The molecule has 0 aliphatic rings. The highest BCUT2D eigenvalue weighted by molar-refractivity contribution is 6.31. The Morgan fingerprint density at radius 1 is 0.696 bits per heavy atom. The van der Waals surface area contributed by atoms with Gasteiger partial charge in [-0.15, -0.1) is 0 Å². The zero-order valence-electron chi connectivity index (χ0n) is 12.0. The van der Waals surface area contributed by atoms with E-state index in [0.717, 1.165) is 6.54 Å². The molecule has 134 valence electrons. The molecule has 1 rings (SSSR count). The molecule has 0 spiro atoms. The first-order valence-corrected chi connectivity index (χ1v) is 5.49. The molecular weight excluding hydrogens is 323 g/mol. The molecular formula is C5H20B4N2O12. The van der Waals surface area contributed by atoms with Gasteiger partial charge in [-0.3, -0.25) is 0 Å². The van der Waals surface area contributed by atoms with Gasteiger partial charge in [0.05, 0.1) is 6.33 Å². The number of hydrogen-bond donors (Lipinski definition) is 12. The fourth-order valence-corrected chi connectivity index (χ4v) is 0.474. The monoisotopic (exact) mass is 344 g/mol. The van der Waals surface area contributed by atoms with Crippen molar-refractivity contribution in [1.29, 1.82) is 0 Å². The Balaban J connectivity index is -0.000000102. The molecule has 1 heterocycles. The van der Waals surface area contributed by atoms with Gasteiger partial charge < -0.3 is 64.9 Å². The van der Waals surface area contributed by atoms with Crippen molar-refractivity contribution in [2.75, 3.05) is 0 Å². The molecule has 0 aliphatic carbocycles. The van der Waals surface area contributed by atoms with E-state index in [1.807, 2.05) is 10.8 Å². The minimum Gasteiger partial charge on any atom is -0.402 e. The van der Waals surface area contributed by atoms with Crippen LogP contribution in [-0.2, 0) is 6.54 Å². The van der Waals surface area contributed by atoms with E-state index < -0.39 is 29.3 Å². The highest BCUT2D eigenvalue weighted by atomic mass is 16.5. The zero-order chi connectivity index (χ0) is 19.4. The molecule has 0 amide bonds. The summed E-state index contributed by atoms with van der Waals surface area (Å²) in [6.45, 7) is 3.10. The summed E-state index contributed by atoms with van der Waals surface area (Å²) in [6, 6.07) is 0. The summed E-state index contributed by atoms with van der Waals surface area (Å²) in [5, 5.41) is 86.0. The maximum absolute atomic E-state index is 7.17. The minimum atomic E-state index is -2.17. The predicted molar refractivity (Wildman–Crippen MR) is 77.5 cm³/mol. The highest BCUT2D eigenvalue weighted by Gasteiger charge is 1.93. The fourth-order valence-electron chi connectivity index (χ4n) is 0.474. The highest BCUT2D eigenvalue weighted by Crippen LogP contribution is 1.81. The number of hydrogen-bond acceptors (Lipinski definition) is 13. The van der Waals surface area contributed by atoms with Crippen molar-refractivity contribution in [2.45, 2.75) is 13.5 Å². The molecule has 14 nitrogen and oxygen atoms in total. The lowest BCUT2D eigenvalue weighted by Crippen LogP contribution is -2.07. The van der Waals surface area contributed by atoms with Crippen molar-refractivity contribution >= 4 is 29.3 Å². The molecule has 0 fully saturated rings. The van der Waals surface area contributed by atoms with Gasteiger partial charge in [-0.2, -0.15) is 0 Å². The Kier molecular flexibility index (Phi) is 30.3. The van der Waals surface area contributed by atoms with E-state index in [-0.39, 0.29) is 0 Å². The summed E-state index contributed by atoms with van der Waals surface area (Å²) >= 11 is 0. The lowest BCUT2D eigenvalue weighted by Gasteiger charge is -1.87. The fraction of sp³-hybridized carbons (Fsp3) is 0.400. The Morgan fingerprint density at radius 3 is 1.04 bits per heavy atom. The topological polar surface area (TPSA) is 261 Å². The number of imidazole rings is 1. The maximum Gasteiger partial charge on any atom is 0.631 e. The second-order valence-corrected chi connectivity index (χ2v) is 2.78. The van der Waals surface area contributed by atoms with E-state index in [4.69, 9.17) is 60.3 Å². The van der Waals surface area contributed by atoms with Crippen molar-refractivity contribution in [3.63, 3.8) is 0 Å². The average Bonchev–Trinajstić information content (AvgIpc) is 2.77. The summed E-state index contributed by atoms with van der Waals surface area (Å²) < 4.78 is 2.01. The second kappa shape index (κ2) is 23.3. The van der Waals surface area contributed by atoms with E-state index in [1.165, 1.54) is 0 Å². The number of aromatic nitrogens is 2. The molecule has 0 radical (unpaired) electrons. The van der Waals surface area contributed by atoms with Gasteiger partial charge in [-0.1, -0.05) is 0 Å². The van der Waals surface area contributed by atoms with Crippen LogP contribution in [0, 0.1) is 0 Å². The summed E-state index contributed by atoms with van der Waals surface area (Å²) in [5.41, 5.74) is 0. The third-order valence-corrected chi connectivity index (χ3v) is 0.924. The van der Waals surface area contributed by atoms with Gasteiger partial charge >= 0.3 is 29.3 Å². The quantitative estimate of drug-likeness (QED) is 0.212. The molecule has 1 aromatic heterocycles. The van der Waals surface area contributed by atoms with E-state index >= 15 is 0 Å². The Morgan fingerprint density at radius 2 is 0.957 bits per heavy atom. The zero-order valence-corrected chi connectivity index (χ0v) is 12.0. The van der Waals surface area contributed by atoms with Crippen LogP contribution in [0.3, 0.4) is 0 Å². The molecule has 0 unspecified atom stereocenters. The summed E-state index contributed by atoms with van der Waals surface area (Å²) in [6.07, 6.45) is 5.53. The van der Waals surface area contributed by atoms with Crippen LogP contribution in [0.4, 0.5) is 0 Å². The van der Waals surface area contributed by atoms with E-state index in [0.29, 0.717) is 0 Å². The van der Waals surface area contributed by atoms with Crippen LogP contribution in [0.25, 0.3) is 0 Å². The molecule has 0 aliphatic heterocycles. The van der Waals surface area contributed by atoms with Gasteiger partial charge in [-0.25, -0.2) is 4.98 Å². The van der Waals surface area contributed by atoms with E-state index in [9.17, 15) is 0 Å². The van der Waals surface area contributed by atoms with Crippen molar-refractivity contribution in [2.24, 2.45) is 0 Å². The number of nitrogens with zero attached hydrogens (tertiary/aromatic N) is 2. The summed E-state index contributed by atoms with van der Waals surface area (Å²) in [7, 11) is -8.67. The minimum absolute atomic E-state index is 1.01. The van der Waals surface area contributed by atoms with Gasteiger partial charge in [0.15, 0.2) is 0 Å². The molecule has 0 saturated heterocycles. The van der Waals surface area contributed by atoms with Crippen LogP contribution in [0.5, 0.6) is 0 Å². The van der Waals surface area contributed by atoms with E-state index in [2.05, 4.69) is 11.9 Å². The first kappa shape index (κ1) is 29.9. The molecule has 0 saturated carbocycles. The lowest BCUT2D eigenvalue weighted by atomic mass is 10.3. The van der Waals surface area contributed by atoms with E-state index in [1.54, 1.807) is 12.5 Å². The molecule has 0 atom stereocenters. The van der Waals surface area contributed by atoms with Crippen LogP contribution in [0.2, 0.25) is 0 Å². The predicted octanol–water partition coefficient (Wildman–Crippen LogP) is -7.30. The molecule has 23 heavy (non-hydrogen) atoms. The largest absolute Gasteiger partial charge is 0.631 e. The van der Waals surface area contributed by atoms with Crippen molar-refractivity contribution in [1.82, 2.24) is 9.55 Å². The third kappa shape index (κ3) is 119. The first-order chi connectivity index (χ1) is 10.4. The average molecular weight is 343 g/mol. The van der Waals surface area contributed by atoms with Crippen LogP contribution in [-0.4, -0.2) is 99.1 Å². The van der Waals surface area contributed by atoms with Gasteiger partial charge in [0, 0.05) is 18.9 Å². The molecule has 0 bridgehead atoms. The van der Waals surface area contributed by atoms with Gasteiger partial charge in [0.25, 0.3) is 0 Å². The first-order valence-electron chi connectivity index (χ1n) is 5.49. The smallest absolute Gasteiger partial charge is 0.402 e. The number of aryl methyl sites for hydroxylation is 1.